The minimum Gasteiger partial charge on any atom is -0.490 e. The summed E-state index contributed by atoms with van der Waals surface area (Å²) in [7, 11) is 0. The van der Waals surface area contributed by atoms with Gasteiger partial charge in [0.2, 0.25) is 5.91 Å². The third kappa shape index (κ3) is 4.45. The first-order chi connectivity index (χ1) is 15.1. The van der Waals surface area contributed by atoms with Gasteiger partial charge in [0.05, 0.1) is 18.9 Å². The van der Waals surface area contributed by atoms with Gasteiger partial charge in [-0.3, -0.25) is 9.59 Å². The summed E-state index contributed by atoms with van der Waals surface area (Å²) in [6, 6.07) is 11.4. The first-order valence-corrected chi connectivity index (χ1v) is 10.8. The fourth-order valence-corrected chi connectivity index (χ4v) is 4.08. The molecule has 0 unspecified atom stereocenters. The van der Waals surface area contributed by atoms with Crippen molar-refractivity contribution in [1.82, 2.24) is 4.90 Å². The maximum atomic E-state index is 13.0. The van der Waals surface area contributed by atoms with Crippen LogP contribution in [0, 0.1) is 0 Å². The molecule has 0 aromatic heterocycles. The molecule has 7 heteroatoms. The van der Waals surface area contributed by atoms with Crippen molar-refractivity contribution < 1.29 is 23.8 Å². The normalized spacial score (nSPS) is 15.1. The summed E-state index contributed by atoms with van der Waals surface area (Å²) in [4.78, 5) is 28.8. The van der Waals surface area contributed by atoms with E-state index < -0.39 is 0 Å². The molecule has 2 heterocycles. The largest absolute Gasteiger partial charge is 0.490 e. The quantitative estimate of drug-likeness (QED) is 0.683. The van der Waals surface area contributed by atoms with Crippen molar-refractivity contribution in [3.63, 3.8) is 0 Å². The van der Waals surface area contributed by atoms with Crippen molar-refractivity contribution in [2.24, 2.45) is 0 Å². The first kappa shape index (κ1) is 21.0. The van der Waals surface area contributed by atoms with Crippen molar-refractivity contribution in [3.8, 4) is 17.2 Å². The Hall–Kier alpha value is -3.22. The number of anilines is 1. The van der Waals surface area contributed by atoms with Crippen LogP contribution in [0.3, 0.4) is 0 Å². The van der Waals surface area contributed by atoms with Gasteiger partial charge in [0.15, 0.2) is 18.1 Å². The van der Waals surface area contributed by atoms with E-state index in [-0.39, 0.29) is 24.8 Å². The van der Waals surface area contributed by atoms with Gasteiger partial charge in [-0.2, -0.15) is 0 Å². The fourth-order valence-electron chi connectivity index (χ4n) is 4.08. The Morgan fingerprint density at radius 3 is 2.52 bits per heavy atom. The lowest BCUT2D eigenvalue weighted by Crippen LogP contribution is -2.42. The number of ether oxygens (including phenoxy) is 3. The molecule has 7 nitrogen and oxygen atoms in total. The number of amides is 2. The standard InChI is InChI=1S/C24H28N2O5/c1-3-29-21-13-17-9-11-25(15-18(17)14-22(21)30-4-2)23(27)10-12-26-19-7-5-6-8-20(19)31-16-24(26)28/h5-8,13-14H,3-4,9-12,15-16H2,1-2H3. The minimum atomic E-state index is -0.125. The Labute approximate surface area is 182 Å². The van der Waals surface area contributed by atoms with Crippen LogP contribution in [0.1, 0.15) is 31.4 Å². The van der Waals surface area contributed by atoms with Crippen LogP contribution in [0.2, 0.25) is 0 Å². The van der Waals surface area contributed by atoms with Crippen LogP contribution < -0.4 is 19.1 Å². The van der Waals surface area contributed by atoms with E-state index in [0.29, 0.717) is 44.3 Å². The number of rotatable bonds is 7. The van der Waals surface area contributed by atoms with Gasteiger partial charge in [0.25, 0.3) is 5.91 Å². The van der Waals surface area contributed by atoms with Crippen LogP contribution in [0.5, 0.6) is 17.2 Å². The molecule has 0 aliphatic carbocycles. The highest BCUT2D eigenvalue weighted by atomic mass is 16.5. The smallest absolute Gasteiger partial charge is 0.265 e. The second kappa shape index (κ2) is 9.29. The second-order valence-electron chi connectivity index (χ2n) is 7.55. The van der Waals surface area contributed by atoms with E-state index in [1.54, 1.807) is 4.90 Å². The fraction of sp³-hybridized carbons (Fsp3) is 0.417. The molecular weight excluding hydrogens is 396 g/mol. The number of carbonyl (C=O) groups excluding carboxylic acids is 2. The van der Waals surface area contributed by atoms with Gasteiger partial charge in [-0.1, -0.05) is 12.1 Å². The Balaban J connectivity index is 1.43. The summed E-state index contributed by atoms with van der Waals surface area (Å²) >= 11 is 0. The zero-order valence-electron chi connectivity index (χ0n) is 18.1. The molecule has 2 aliphatic rings. The molecule has 2 aromatic rings. The molecule has 0 spiro atoms. The van der Waals surface area contributed by atoms with Gasteiger partial charge in [-0.25, -0.2) is 0 Å². The molecule has 164 valence electrons. The SMILES string of the molecule is CCOc1cc2c(cc1OCC)CN(C(=O)CCN1C(=O)COc3ccccc31)CC2. The number of fused-ring (bicyclic) bond motifs is 2. The van der Waals surface area contributed by atoms with E-state index in [4.69, 9.17) is 14.2 Å². The van der Waals surface area contributed by atoms with Crippen LogP contribution in [0.4, 0.5) is 5.69 Å². The number of para-hydroxylation sites is 2. The van der Waals surface area contributed by atoms with E-state index in [1.807, 2.05) is 55.1 Å². The van der Waals surface area contributed by atoms with Crippen LogP contribution >= 0.6 is 0 Å². The van der Waals surface area contributed by atoms with Gasteiger partial charge in [-0.15, -0.1) is 0 Å². The molecule has 2 aromatic carbocycles. The first-order valence-electron chi connectivity index (χ1n) is 10.8. The summed E-state index contributed by atoms with van der Waals surface area (Å²) in [6.07, 6.45) is 1.04. The summed E-state index contributed by atoms with van der Waals surface area (Å²) in [5, 5.41) is 0. The van der Waals surface area contributed by atoms with E-state index in [2.05, 4.69) is 0 Å². The molecular formula is C24H28N2O5. The van der Waals surface area contributed by atoms with Gasteiger partial charge in [-0.05, 0) is 55.7 Å². The molecule has 2 aliphatic heterocycles. The summed E-state index contributed by atoms with van der Waals surface area (Å²) < 4.78 is 16.9. The van der Waals surface area contributed by atoms with Crippen LogP contribution in [0.25, 0.3) is 0 Å². The van der Waals surface area contributed by atoms with Crippen LogP contribution in [-0.4, -0.2) is 49.6 Å². The van der Waals surface area contributed by atoms with Gasteiger partial charge >= 0.3 is 0 Å². The zero-order valence-corrected chi connectivity index (χ0v) is 18.1. The average Bonchev–Trinajstić information content (AvgIpc) is 2.78. The average molecular weight is 424 g/mol. The van der Waals surface area contributed by atoms with E-state index in [0.717, 1.165) is 23.4 Å². The topological polar surface area (TPSA) is 68.3 Å². The van der Waals surface area contributed by atoms with E-state index in [1.165, 1.54) is 5.56 Å². The molecule has 0 bridgehead atoms. The van der Waals surface area contributed by atoms with Gasteiger partial charge in [0.1, 0.15) is 5.75 Å². The Morgan fingerprint density at radius 1 is 1.06 bits per heavy atom. The number of benzene rings is 2. The highest BCUT2D eigenvalue weighted by Crippen LogP contribution is 2.34. The predicted octanol–water partition coefficient (Wildman–Crippen LogP) is 3.18. The molecule has 2 amide bonds. The molecule has 0 fully saturated rings. The Kier molecular flexibility index (Phi) is 6.30. The Morgan fingerprint density at radius 2 is 1.77 bits per heavy atom. The number of carbonyl (C=O) groups is 2. The third-order valence-electron chi connectivity index (χ3n) is 5.59. The van der Waals surface area contributed by atoms with Gasteiger partial charge in [0, 0.05) is 26.1 Å². The number of nitrogens with zero attached hydrogens (tertiary/aromatic N) is 2. The highest BCUT2D eigenvalue weighted by Gasteiger charge is 2.27. The minimum absolute atomic E-state index is 0.00463. The van der Waals surface area contributed by atoms with Crippen LogP contribution in [0.15, 0.2) is 36.4 Å². The molecule has 0 N–H and O–H groups in total. The molecule has 0 saturated heterocycles. The highest BCUT2D eigenvalue weighted by molar-refractivity contribution is 5.98. The van der Waals surface area contributed by atoms with Crippen LogP contribution in [-0.2, 0) is 22.6 Å². The molecule has 31 heavy (non-hydrogen) atoms. The zero-order chi connectivity index (χ0) is 21.8. The lowest BCUT2D eigenvalue weighted by Gasteiger charge is -2.32. The lowest BCUT2D eigenvalue weighted by molar-refractivity contribution is -0.132. The third-order valence-corrected chi connectivity index (χ3v) is 5.59. The Bertz CT molecular complexity index is 974. The van der Waals surface area contributed by atoms with Crippen molar-refractivity contribution in [2.75, 3.05) is 37.8 Å². The molecule has 0 atom stereocenters. The van der Waals surface area contributed by atoms with Crippen molar-refractivity contribution >= 4 is 17.5 Å². The van der Waals surface area contributed by atoms with E-state index >= 15 is 0 Å². The van der Waals surface area contributed by atoms with Crippen molar-refractivity contribution in [2.45, 2.75) is 33.2 Å². The lowest BCUT2D eigenvalue weighted by atomic mass is 9.98. The molecule has 4 rings (SSSR count). The predicted molar refractivity (Wildman–Crippen MR) is 117 cm³/mol. The molecule has 0 saturated carbocycles. The van der Waals surface area contributed by atoms with Crippen molar-refractivity contribution in [3.05, 3.63) is 47.5 Å². The van der Waals surface area contributed by atoms with Gasteiger partial charge < -0.3 is 24.0 Å². The number of hydrogen-bond donors (Lipinski definition) is 0. The van der Waals surface area contributed by atoms with Crippen molar-refractivity contribution in [1.29, 1.82) is 0 Å². The maximum absolute atomic E-state index is 13.0. The van der Waals surface area contributed by atoms with E-state index in [9.17, 15) is 9.59 Å². The summed E-state index contributed by atoms with van der Waals surface area (Å²) in [6.45, 7) is 6.56. The number of hydrogen-bond acceptors (Lipinski definition) is 5. The maximum Gasteiger partial charge on any atom is 0.265 e. The second-order valence-corrected chi connectivity index (χ2v) is 7.55. The monoisotopic (exact) mass is 424 g/mol. The summed E-state index contributed by atoms with van der Waals surface area (Å²) in [5.74, 6) is 2.06. The molecule has 0 radical (unpaired) electrons. The summed E-state index contributed by atoms with van der Waals surface area (Å²) in [5.41, 5.74) is 2.99.